The highest BCUT2D eigenvalue weighted by Crippen LogP contribution is 2.33. The lowest BCUT2D eigenvalue weighted by molar-refractivity contribution is -0.143. The third-order valence-corrected chi connectivity index (χ3v) is 5.26. The zero-order valence-corrected chi connectivity index (χ0v) is 15.1. The van der Waals surface area contributed by atoms with Gasteiger partial charge in [0.05, 0.1) is 12.1 Å². The number of benzene rings is 1. The summed E-state index contributed by atoms with van der Waals surface area (Å²) in [6.07, 6.45) is 2.97. The van der Waals surface area contributed by atoms with E-state index in [2.05, 4.69) is 5.10 Å². The number of hydrogen-bond acceptors (Lipinski definition) is 4. The second-order valence-electron chi connectivity index (χ2n) is 7.10. The monoisotopic (exact) mass is 372 g/mol. The maximum absolute atomic E-state index is 13.6. The fraction of sp³-hybridized carbons (Fsp3) is 0.421. The van der Waals surface area contributed by atoms with Crippen LogP contribution in [-0.4, -0.2) is 58.3 Å². The van der Waals surface area contributed by atoms with Crippen LogP contribution in [0.25, 0.3) is 0 Å². The van der Waals surface area contributed by atoms with E-state index in [0.29, 0.717) is 43.9 Å². The van der Waals surface area contributed by atoms with Crippen LogP contribution in [-0.2, 0) is 16.6 Å². The molecular formula is C19H21FN4O3. The van der Waals surface area contributed by atoms with Gasteiger partial charge in [-0.2, -0.15) is 5.10 Å². The maximum atomic E-state index is 13.6. The van der Waals surface area contributed by atoms with E-state index in [-0.39, 0.29) is 24.2 Å². The van der Waals surface area contributed by atoms with Crippen molar-refractivity contribution in [2.24, 2.45) is 7.05 Å². The Hall–Kier alpha value is -2.74. The number of anilines is 1. The lowest BCUT2D eigenvalue weighted by Crippen LogP contribution is -2.59. The van der Waals surface area contributed by atoms with E-state index in [9.17, 15) is 14.0 Å². The summed E-state index contributed by atoms with van der Waals surface area (Å²) in [4.78, 5) is 28.2. The van der Waals surface area contributed by atoms with Gasteiger partial charge in [0.25, 0.3) is 11.8 Å². The summed E-state index contributed by atoms with van der Waals surface area (Å²) in [6, 6.07) is 7.73. The van der Waals surface area contributed by atoms with Crippen LogP contribution in [0, 0.1) is 5.82 Å². The summed E-state index contributed by atoms with van der Waals surface area (Å²) in [5.41, 5.74) is 0.449. The van der Waals surface area contributed by atoms with Crippen LogP contribution < -0.4 is 4.90 Å². The summed E-state index contributed by atoms with van der Waals surface area (Å²) in [6.45, 7) is 1.38. The number of hydrogen-bond donors (Lipinski definition) is 0. The summed E-state index contributed by atoms with van der Waals surface area (Å²) in [5, 5.41) is 4.17. The smallest absolute Gasteiger partial charge is 0.274 e. The second-order valence-corrected chi connectivity index (χ2v) is 7.10. The molecule has 1 aromatic carbocycles. The molecule has 0 aliphatic carbocycles. The van der Waals surface area contributed by atoms with E-state index in [0.717, 1.165) is 0 Å². The molecule has 0 unspecified atom stereocenters. The van der Waals surface area contributed by atoms with Crippen LogP contribution in [0.2, 0.25) is 0 Å². The predicted octanol–water partition coefficient (Wildman–Crippen LogP) is 1.60. The first-order valence-corrected chi connectivity index (χ1v) is 8.95. The SMILES string of the molecule is Cn1ccc(C(=O)N2CCC3(CC2)CN(c2cccc(F)c2)C(=O)CO3)n1. The molecule has 0 N–H and O–H groups in total. The topological polar surface area (TPSA) is 67.7 Å². The van der Waals surface area contributed by atoms with E-state index >= 15 is 0 Å². The summed E-state index contributed by atoms with van der Waals surface area (Å²) >= 11 is 0. The van der Waals surface area contributed by atoms with Gasteiger partial charge in [0.15, 0.2) is 0 Å². The second kappa shape index (κ2) is 6.77. The first-order valence-electron chi connectivity index (χ1n) is 8.95. The maximum Gasteiger partial charge on any atom is 0.274 e. The van der Waals surface area contributed by atoms with Gasteiger partial charge in [0, 0.05) is 32.0 Å². The number of amides is 2. The number of morpholine rings is 1. The lowest BCUT2D eigenvalue weighted by Gasteiger charge is -2.46. The van der Waals surface area contributed by atoms with Crippen LogP contribution in [0.15, 0.2) is 36.5 Å². The average Bonchev–Trinajstić information content (AvgIpc) is 3.10. The van der Waals surface area contributed by atoms with Gasteiger partial charge in [0.2, 0.25) is 0 Å². The lowest BCUT2D eigenvalue weighted by atomic mass is 9.89. The van der Waals surface area contributed by atoms with Gasteiger partial charge in [0.1, 0.15) is 18.1 Å². The highest BCUT2D eigenvalue weighted by atomic mass is 19.1. The molecule has 0 atom stereocenters. The molecule has 4 rings (SSSR count). The number of halogens is 1. The largest absolute Gasteiger partial charge is 0.363 e. The standard InChI is InChI=1S/C19H21FN4O3/c1-22-8-5-16(21-22)18(26)23-9-6-19(7-10-23)13-24(17(25)12-27-19)15-4-2-3-14(20)11-15/h2-5,8,11H,6-7,9-10,12-13H2,1H3. The summed E-state index contributed by atoms with van der Waals surface area (Å²) in [7, 11) is 1.77. The van der Waals surface area contributed by atoms with E-state index < -0.39 is 5.60 Å². The predicted molar refractivity (Wildman–Crippen MR) is 95.8 cm³/mol. The van der Waals surface area contributed by atoms with Gasteiger partial charge in [-0.1, -0.05) is 6.07 Å². The van der Waals surface area contributed by atoms with E-state index in [1.807, 2.05) is 0 Å². The molecule has 2 aromatic rings. The first-order chi connectivity index (χ1) is 13.0. The first kappa shape index (κ1) is 17.7. The Kier molecular flexibility index (Phi) is 4.43. The van der Waals surface area contributed by atoms with Crippen LogP contribution in [0.5, 0.6) is 0 Å². The Morgan fingerprint density at radius 1 is 1.26 bits per heavy atom. The van der Waals surface area contributed by atoms with Gasteiger partial charge in [-0.15, -0.1) is 0 Å². The minimum atomic E-state index is -0.513. The van der Waals surface area contributed by atoms with Crippen LogP contribution in [0.1, 0.15) is 23.3 Å². The van der Waals surface area contributed by atoms with Crippen molar-refractivity contribution in [2.45, 2.75) is 18.4 Å². The zero-order chi connectivity index (χ0) is 19.0. The van der Waals surface area contributed by atoms with Crippen LogP contribution in [0.4, 0.5) is 10.1 Å². The molecule has 1 aromatic heterocycles. The molecule has 8 heteroatoms. The van der Waals surface area contributed by atoms with Gasteiger partial charge < -0.3 is 14.5 Å². The number of aryl methyl sites for hydroxylation is 1. The third-order valence-electron chi connectivity index (χ3n) is 5.26. The number of rotatable bonds is 2. The Bertz CT molecular complexity index is 873. The number of aromatic nitrogens is 2. The number of nitrogens with zero attached hydrogens (tertiary/aromatic N) is 4. The molecule has 27 heavy (non-hydrogen) atoms. The van der Waals surface area contributed by atoms with Crippen molar-refractivity contribution in [3.8, 4) is 0 Å². The highest BCUT2D eigenvalue weighted by molar-refractivity contribution is 5.95. The van der Waals surface area contributed by atoms with Crippen molar-refractivity contribution in [1.82, 2.24) is 14.7 Å². The fourth-order valence-electron chi connectivity index (χ4n) is 3.70. The van der Waals surface area contributed by atoms with Gasteiger partial charge in [-0.25, -0.2) is 4.39 Å². The van der Waals surface area contributed by atoms with E-state index in [4.69, 9.17) is 4.74 Å². The molecule has 7 nitrogen and oxygen atoms in total. The molecular weight excluding hydrogens is 351 g/mol. The highest BCUT2D eigenvalue weighted by Gasteiger charge is 2.43. The van der Waals surface area contributed by atoms with E-state index in [1.54, 1.807) is 45.9 Å². The molecule has 3 heterocycles. The average molecular weight is 372 g/mol. The Balaban J connectivity index is 1.46. The molecule has 1 spiro atoms. The number of carbonyl (C=O) groups excluding carboxylic acids is 2. The van der Waals surface area contributed by atoms with Crippen LogP contribution in [0.3, 0.4) is 0 Å². The minimum Gasteiger partial charge on any atom is -0.363 e. The van der Waals surface area contributed by atoms with Crippen molar-refractivity contribution in [2.75, 3.05) is 31.1 Å². The van der Waals surface area contributed by atoms with Crippen molar-refractivity contribution in [3.63, 3.8) is 0 Å². The van der Waals surface area contributed by atoms with Gasteiger partial charge in [-0.05, 0) is 37.1 Å². The van der Waals surface area contributed by atoms with Crippen molar-refractivity contribution in [3.05, 3.63) is 48.0 Å². The number of likely N-dealkylation sites (tertiary alicyclic amines) is 1. The number of piperidine rings is 1. The fourth-order valence-corrected chi connectivity index (χ4v) is 3.70. The molecule has 142 valence electrons. The molecule has 2 aliphatic rings. The van der Waals surface area contributed by atoms with Gasteiger partial charge in [-0.3, -0.25) is 14.3 Å². The normalized spacial score (nSPS) is 19.6. The summed E-state index contributed by atoms with van der Waals surface area (Å²) < 4.78 is 21.1. The minimum absolute atomic E-state index is 0.0370. The quantitative estimate of drug-likeness (QED) is 0.803. The van der Waals surface area contributed by atoms with Gasteiger partial charge >= 0.3 is 0 Å². The molecule has 2 fully saturated rings. The van der Waals surface area contributed by atoms with E-state index in [1.165, 1.54) is 12.1 Å². The Morgan fingerprint density at radius 3 is 2.70 bits per heavy atom. The molecule has 0 saturated carbocycles. The van der Waals surface area contributed by atoms with Crippen molar-refractivity contribution in [1.29, 1.82) is 0 Å². The zero-order valence-electron chi connectivity index (χ0n) is 15.1. The van der Waals surface area contributed by atoms with Crippen molar-refractivity contribution < 1.29 is 18.7 Å². The third kappa shape index (κ3) is 3.44. The Labute approximate surface area is 156 Å². The van der Waals surface area contributed by atoms with Crippen LogP contribution >= 0.6 is 0 Å². The summed E-state index contributed by atoms with van der Waals surface area (Å²) in [5.74, 6) is -0.658. The molecule has 2 aliphatic heterocycles. The molecule has 0 bridgehead atoms. The number of ether oxygens (including phenoxy) is 1. The molecule has 2 saturated heterocycles. The Morgan fingerprint density at radius 2 is 2.04 bits per heavy atom. The number of carbonyl (C=O) groups is 2. The molecule has 2 amide bonds. The molecule has 0 radical (unpaired) electrons. The van der Waals surface area contributed by atoms with Crippen molar-refractivity contribution >= 4 is 17.5 Å².